The molecule has 2 aromatic carbocycles. The van der Waals surface area contributed by atoms with Crippen molar-refractivity contribution in [1.29, 1.82) is 0 Å². The Morgan fingerprint density at radius 3 is 2.52 bits per heavy atom. The largest absolute Gasteiger partial charge is 0.469 e. The van der Waals surface area contributed by atoms with Crippen LogP contribution < -0.4 is 10.2 Å². The van der Waals surface area contributed by atoms with Crippen molar-refractivity contribution in [2.45, 2.75) is 25.7 Å². The molecule has 0 aliphatic carbocycles. The number of anilines is 3. The second-order valence-corrected chi connectivity index (χ2v) is 6.03. The van der Waals surface area contributed by atoms with Gasteiger partial charge in [0.25, 0.3) is 5.91 Å². The Kier molecular flexibility index (Phi) is 5.33. The fourth-order valence-corrected chi connectivity index (χ4v) is 3.09. The molecule has 1 N–H and O–H groups in total. The highest BCUT2D eigenvalue weighted by molar-refractivity contribution is 6.12. The lowest BCUT2D eigenvalue weighted by Gasteiger charge is -2.26. The number of unbranched alkanes of at least 4 members (excludes halogenated alkanes) is 2. The molecule has 0 bridgehead atoms. The van der Waals surface area contributed by atoms with Gasteiger partial charge in [-0.2, -0.15) is 0 Å². The van der Waals surface area contributed by atoms with Crippen LogP contribution in [0.3, 0.4) is 0 Å². The van der Waals surface area contributed by atoms with Gasteiger partial charge in [0.05, 0.1) is 29.7 Å². The molecule has 25 heavy (non-hydrogen) atoms. The Balaban J connectivity index is 1.79. The second-order valence-electron chi connectivity index (χ2n) is 6.03. The quantitative estimate of drug-likeness (QED) is 0.636. The zero-order valence-corrected chi connectivity index (χ0v) is 14.3. The summed E-state index contributed by atoms with van der Waals surface area (Å²) in [6.07, 6.45) is 3.11. The van der Waals surface area contributed by atoms with E-state index in [1.54, 1.807) is 0 Å². The van der Waals surface area contributed by atoms with E-state index in [1.165, 1.54) is 7.11 Å². The monoisotopic (exact) mass is 338 g/mol. The van der Waals surface area contributed by atoms with E-state index in [1.807, 2.05) is 48.5 Å². The zero-order chi connectivity index (χ0) is 17.6. The number of nitrogens with zero attached hydrogens (tertiary/aromatic N) is 1. The second kappa shape index (κ2) is 7.83. The van der Waals surface area contributed by atoms with Gasteiger partial charge in [0.1, 0.15) is 0 Å². The highest BCUT2D eigenvalue weighted by atomic mass is 16.5. The van der Waals surface area contributed by atoms with Crippen LogP contribution in [0, 0.1) is 0 Å². The summed E-state index contributed by atoms with van der Waals surface area (Å²) in [4.78, 5) is 25.9. The van der Waals surface area contributed by atoms with Crippen molar-refractivity contribution in [2.24, 2.45) is 0 Å². The molecule has 0 unspecified atom stereocenters. The Bertz CT molecular complexity index is 773. The maximum Gasteiger partial charge on any atom is 0.305 e. The van der Waals surface area contributed by atoms with Crippen LogP contribution in [0.2, 0.25) is 0 Å². The maximum atomic E-state index is 12.5. The lowest BCUT2D eigenvalue weighted by atomic mass is 10.1. The molecule has 0 saturated heterocycles. The predicted octanol–water partition coefficient (Wildman–Crippen LogP) is 4.12. The summed E-state index contributed by atoms with van der Waals surface area (Å²) in [5, 5.41) is 2.99. The van der Waals surface area contributed by atoms with Crippen molar-refractivity contribution >= 4 is 28.9 Å². The van der Waals surface area contributed by atoms with Crippen molar-refractivity contribution in [3.05, 3.63) is 54.1 Å². The minimum atomic E-state index is -0.166. The Morgan fingerprint density at radius 1 is 1.00 bits per heavy atom. The van der Waals surface area contributed by atoms with Gasteiger partial charge in [-0.05, 0) is 37.1 Å². The van der Waals surface area contributed by atoms with Crippen LogP contribution in [0.25, 0.3) is 0 Å². The van der Waals surface area contributed by atoms with Crippen LogP contribution in [0.5, 0.6) is 0 Å². The predicted molar refractivity (Wildman–Crippen MR) is 98.3 cm³/mol. The molecule has 3 rings (SSSR count). The van der Waals surface area contributed by atoms with Crippen LogP contribution in [-0.2, 0) is 9.53 Å². The first-order chi connectivity index (χ1) is 12.2. The zero-order valence-electron chi connectivity index (χ0n) is 14.3. The van der Waals surface area contributed by atoms with Crippen molar-refractivity contribution in [1.82, 2.24) is 0 Å². The number of rotatable bonds is 6. The number of hydrogen-bond donors (Lipinski definition) is 1. The molecule has 0 spiro atoms. The molecule has 0 radical (unpaired) electrons. The molecule has 1 aliphatic rings. The average molecular weight is 338 g/mol. The molecule has 0 aromatic heterocycles. The van der Waals surface area contributed by atoms with Gasteiger partial charge in [-0.3, -0.25) is 9.59 Å². The van der Waals surface area contributed by atoms with Gasteiger partial charge >= 0.3 is 5.97 Å². The molecule has 1 aliphatic heterocycles. The van der Waals surface area contributed by atoms with E-state index in [-0.39, 0.29) is 11.9 Å². The Morgan fingerprint density at radius 2 is 1.72 bits per heavy atom. The van der Waals surface area contributed by atoms with Gasteiger partial charge in [0, 0.05) is 13.0 Å². The molecule has 0 atom stereocenters. The standard InChI is InChI=1S/C20H22N2O3/c1-25-19(23)13-3-2-8-14-22-17-11-6-4-9-15(17)20(24)21-16-10-5-7-12-18(16)22/h4-7,9-12H,2-3,8,13-14H2,1H3,(H,21,24). The number of carbonyl (C=O) groups is 2. The summed E-state index contributed by atoms with van der Waals surface area (Å²) < 4.78 is 4.67. The van der Waals surface area contributed by atoms with Gasteiger partial charge in [0.15, 0.2) is 0 Å². The summed E-state index contributed by atoms with van der Waals surface area (Å²) in [6.45, 7) is 0.782. The minimum Gasteiger partial charge on any atom is -0.469 e. The smallest absolute Gasteiger partial charge is 0.305 e. The number of amides is 1. The van der Waals surface area contributed by atoms with E-state index in [4.69, 9.17) is 0 Å². The SMILES string of the molecule is COC(=O)CCCCCN1c2ccccc2NC(=O)c2ccccc21. The van der Waals surface area contributed by atoms with Gasteiger partial charge in [-0.15, -0.1) is 0 Å². The molecule has 0 saturated carbocycles. The van der Waals surface area contributed by atoms with E-state index >= 15 is 0 Å². The van der Waals surface area contributed by atoms with Crippen molar-refractivity contribution in [3.8, 4) is 0 Å². The first-order valence-electron chi connectivity index (χ1n) is 8.54. The number of fused-ring (bicyclic) bond motifs is 2. The Hall–Kier alpha value is -2.82. The van der Waals surface area contributed by atoms with E-state index in [2.05, 4.69) is 15.0 Å². The number of esters is 1. The molecule has 2 aromatic rings. The van der Waals surface area contributed by atoms with Crippen molar-refractivity contribution < 1.29 is 14.3 Å². The molecule has 130 valence electrons. The van der Waals surface area contributed by atoms with E-state index < -0.39 is 0 Å². The number of nitrogens with one attached hydrogen (secondary N) is 1. The van der Waals surface area contributed by atoms with Crippen LogP contribution in [0.1, 0.15) is 36.0 Å². The van der Waals surface area contributed by atoms with Crippen LogP contribution in [0.15, 0.2) is 48.5 Å². The number of hydrogen-bond acceptors (Lipinski definition) is 4. The summed E-state index contributed by atoms with van der Waals surface area (Å²) >= 11 is 0. The molecule has 0 fully saturated rings. The number of para-hydroxylation sites is 3. The lowest BCUT2D eigenvalue weighted by molar-refractivity contribution is -0.140. The van der Waals surface area contributed by atoms with Gasteiger partial charge < -0.3 is 15.0 Å². The van der Waals surface area contributed by atoms with E-state index in [9.17, 15) is 9.59 Å². The summed E-state index contributed by atoms with van der Waals surface area (Å²) in [5.74, 6) is -0.253. The molecule has 5 nitrogen and oxygen atoms in total. The normalized spacial score (nSPS) is 12.7. The number of carbonyl (C=O) groups excluding carboxylic acids is 2. The van der Waals surface area contributed by atoms with Gasteiger partial charge in [0.2, 0.25) is 0 Å². The van der Waals surface area contributed by atoms with Crippen molar-refractivity contribution in [2.75, 3.05) is 23.9 Å². The van der Waals surface area contributed by atoms with Gasteiger partial charge in [-0.1, -0.05) is 30.7 Å². The summed E-state index contributed by atoms with van der Waals surface area (Å²) in [5.41, 5.74) is 3.40. The molecule has 1 heterocycles. The Labute approximate surface area is 147 Å². The summed E-state index contributed by atoms with van der Waals surface area (Å²) in [6, 6.07) is 15.5. The van der Waals surface area contributed by atoms with E-state index in [0.29, 0.717) is 12.0 Å². The molecule has 5 heteroatoms. The average Bonchev–Trinajstić information content (AvgIpc) is 2.76. The molecule has 1 amide bonds. The van der Waals surface area contributed by atoms with Gasteiger partial charge in [-0.25, -0.2) is 0 Å². The third kappa shape index (κ3) is 3.82. The topological polar surface area (TPSA) is 58.6 Å². The fraction of sp³-hybridized carbons (Fsp3) is 0.300. The first kappa shape index (κ1) is 17.0. The highest BCUT2D eigenvalue weighted by Crippen LogP contribution is 2.37. The summed E-state index contributed by atoms with van der Waals surface area (Å²) in [7, 11) is 1.41. The van der Waals surface area contributed by atoms with Crippen LogP contribution in [0.4, 0.5) is 17.1 Å². The fourth-order valence-electron chi connectivity index (χ4n) is 3.09. The highest BCUT2D eigenvalue weighted by Gasteiger charge is 2.24. The minimum absolute atomic E-state index is 0.0868. The third-order valence-electron chi connectivity index (χ3n) is 4.37. The van der Waals surface area contributed by atoms with Crippen molar-refractivity contribution in [3.63, 3.8) is 0 Å². The third-order valence-corrected chi connectivity index (χ3v) is 4.37. The number of ether oxygens (including phenoxy) is 1. The number of methoxy groups -OCH3 is 1. The first-order valence-corrected chi connectivity index (χ1v) is 8.54. The molecular formula is C20H22N2O3. The number of benzene rings is 2. The molecular weight excluding hydrogens is 316 g/mol. The van der Waals surface area contributed by atoms with E-state index in [0.717, 1.165) is 42.9 Å². The van der Waals surface area contributed by atoms with Crippen LogP contribution in [-0.4, -0.2) is 25.5 Å². The maximum absolute atomic E-state index is 12.5. The lowest BCUT2D eigenvalue weighted by Crippen LogP contribution is -2.19. The van der Waals surface area contributed by atoms with Crippen LogP contribution >= 0.6 is 0 Å².